The molecule has 0 unspecified atom stereocenters. The molecular weight excluding hydrogens is 228 g/mol. The number of carbonyl (C=O) groups excluding carboxylic acids is 1. The van der Waals surface area contributed by atoms with E-state index >= 15 is 0 Å². The van der Waals surface area contributed by atoms with Gasteiger partial charge >= 0.3 is 5.97 Å². The van der Waals surface area contributed by atoms with Gasteiger partial charge in [-0.05, 0) is 16.7 Å². The molecule has 2 rings (SSSR count). The van der Waals surface area contributed by atoms with E-state index in [4.69, 9.17) is 5.11 Å². The molecular formula is C15H12O3. The lowest BCUT2D eigenvalue weighted by molar-refractivity contribution is -0.148. The molecule has 1 N–H and O–H groups in total. The highest BCUT2D eigenvalue weighted by Crippen LogP contribution is 2.20. The van der Waals surface area contributed by atoms with E-state index in [1.165, 1.54) is 0 Å². The lowest BCUT2D eigenvalue weighted by Gasteiger charge is -2.04. The van der Waals surface area contributed by atoms with E-state index in [0.717, 1.165) is 11.1 Å². The first kappa shape index (κ1) is 12.0. The van der Waals surface area contributed by atoms with Gasteiger partial charge in [-0.1, -0.05) is 54.6 Å². The van der Waals surface area contributed by atoms with Crippen molar-refractivity contribution in [2.24, 2.45) is 0 Å². The van der Waals surface area contributed by atoms with Crippen molar-refractivity contribution in [2.45, 2.75) is 6.42 Å². The fourth-order valence-corrected chi connectivity index (χ4v) is 1.75. The second-order valence-electron chi connectivity index (χ2n) is 3.97. The Hall–Kier alpha value is -2.42. The van der Waals surface area contributed by atoms with Crippen LogP contribution in [0.1, 0.15) is 5.56 Å². The highest BCUT2D eigenvalue weighted by Gasteiger charge is 2.12. The van der Waals surface area contributed by atoms with Gasteiger partial charge in [-0.15, -0.1) is 0 Å². The molecule has 0 saturated carbocycles. The van der Waals surface area contributed by atoms with Crippen molar-refractivity contribution in [3.63, 3.8) is 0 Å². The van der Waals surface area contributed by atoms with Crippen molar-refractivity contribution in [2.75, 3.05) is 0 Å². The summed E-state index contributed by atoms with van der Waals surface area (Å²) in [5, 5.41) is 8.58. The molecule has 0 aliphatic heterocycles. The largest absolute Gasteiger partial charge is 0.475 e. The number of rotatable bonds is 4. The Morgan fingerprint density at radius 1 is 0.889 bits per heavy atom. The maximum atomic E-state index is 11.2. The average Bonchev–Trinajstić information content (AvgIpc) is 2.40. The summed E-state index contributed by atoms with van der Waals surface area (Å²) in [6.07, 6.45) is -0.0734. The number of benzene rings is 2. The van der Waals surface area contributed by atoms with Crippen molar-refractivity contribution in [1.82, 2.24) is 0 Å². The number of hydrogen-bond donors (Lipinski definition) is 1. The van der Waals surface area contributed by atoms with Crippen LogP contribution in [0.5, 0.6) is 0 Å². The first-order valence-electron chi connectivity index (χ1n) is 5.57. The smallest absolute Gasteiger partial charge is 0.372 e. The second-order valence-corrected chi connectivity index (χ2v) is 3.97. The highest BCUT2D eigenvalue weighted by molar-refractivity contribution is 6.33. The minimum Gasteiger partial charge on any atom is -0.475 e. The number of Topliss-reactive ketones (excluding diaryl/α,β-unsaturated/α-hetero) is 1. The summed E-state index contributed by atoms with van der Waals surface area (Å²) in [5.74, 6) is -2.18. The van der Waals surface area contributed by atoms with Crippen molar-refractivity contribution in [3.8, 4) is 11.1 Å². The second kappa shape index (κ2) is 5.27. The average molecular weight is 240 g/mol. The van der Waals surface area contributed by atoms with E-state index in [0.29, 0.717) is 5.56 Å². The van der Waals surface area contributed by atoms with Gasteiger partial charge in [-0.2, -0.15) is 0 Å². The Morgan fingerprint density at radius 3 is 2.22 bits per heavy atom. The highest BCUT2D eigenvalue weighted by atomic mass is 16.4. The molecule has 2 aromatic carbocycles. The Labute approximate surface area is 105 Å². The molecule has 3 nitrogen and oxygen atoms in total. The van der Waals surface area contributed by atoms with Crippen LogP contribution < -0.4 is 0 Å². The number of hydrogen-bond acceptors (Lipinski definition) is 2. The van der Waals surface area contributed by atoms with Gasteiger partial charge in [0, 0.05) is 6.42 Å². The van der Waals surface area contributed by atoms with E-state index < -0.39 is 11.8 Å². The van der Waals surface area contributed by atoms with Gasteiger partial charge in [-0.25, -0.2) is 4.79 Å². The zero-order valence-electron chi connectivity index (χ0n) is 9.67. The van der Waals surface area contributed by atoms with E-state index in [1.54, 1.807) is 6.07 Å². The Morgan fingerprint density at radius 2 is 1.56 bits per heavy atom. The van der Waals surface area contributed by atoms with Crippen LogP contribution in [0, 0.1) is 0 Å². The first-order valence-corrected chi connectivity index (χ1v) is 5.57. The molecule has 18 heavy (non-hydrogen) atoms. The molecule has 0 amide bonds. The topological polar surface area (TPSA) is 54.4 Å². The molecule has 0 aliphatic carbocycles. The zero-order chi connectivity index (χ0) is 13.0. The Balaban J connectivity index is 2.26. The van der Waals surface area contributed by atoms with E-state index in [9.17, 15) is 9.59 Å². The van der Waals surface area contributed by atoms with Crippen LogP contribution in [0.15, 0.2) is 54.6 Å². The molecule has 90 valence electrons. The molecule has 0 aliphatic rings. The number of carbonyl (C=O) groups is 2. The maximum Gasteiger partial charge on any atom is 0.372 e. The van der Waals surface area contributed by atoms with Crippen LogP contribution in [0.2, 0.25) is 0 Å². The molecule has 0 saturated heterocycles. The molecule has 0 aromatic heterocycles. The zero-order valence-corrected chi connectivity index (χ0v) is 9.67. The molecule has 0 radical (unpaired) electrons. The lowest BCUT2D eigenvalue weighted by Crippen LogP contribution is -2.14. The van der Waals surface area contributed by atoms with E-state index in [1.807, 2.05) is 48.5 Å². The quantitative estimate of drug-likeness (QED) is 0.835. The van der Waals surface area contributed by atoms with Crippen molar-refractivity contribution in [3.05, 3.63) is 60.2 Å². The Bertz CT molecular complexity index is 573. The summed E-state index contributed by atoms with van der Waals surface area (Å²) in [7, 11) is 0. The molecule has 0 atom stereocenters. The first-order chi connectivity index (χ1) is 8.66. The summed E-state index contributed by atoms with van der Waals surface area (Å²) < 4.78 is 0. The van der Waals surface area contributed by atoms with Crippen LogP contribution >= 0.6 is 0 Å². The fraction of sp³-hybridized carbons (Fsp3) is 0.0667. The molecule has 0 heterocycles. The van der Waals surface area contributed by atoms with Crippen LogP contribution in [-0.2, 0) is 16.0 Å². The monoisotopic (exact) mass is 240 g/mol. The third-order valence-electron chi connectivity index (χ3n) is 2.64. The van der Waals surface area contributed by atoms with Crippen LogP contribution in [-0.4, -0.2) is 16.9 Å². The van der Waals surface area contributed by atoms with Gasteiger partial charge in [0.25, 0.3) is 0 Å². The fourth-order valence-electron chi connectivity index (χ4n) is 1.75. The lowest BCUT2D eigenvalue weighted by atomic mass is 10.0. The standard InChI is InChI=1S/C15H12O3/c16-14(15(17)18)10-11-5-4-8-13(9-11)12-6-2-1-3-7-12/h1-9H,10H2,(H,17,18). The van der Waals surface area contributed by atoms with Crippen LogP contribution in [0.4, 0.5) is 0 Å². The number of aliphatic carboxylic acids is 1. The molecule has 3 heteroatoms. The molecule has 0 fully saturated rings. The molecule has 0 bridgehead atoms. The Kier molecular flexibility index (Phi) is 3.53. The minimum absolute atomic E-state index is 0.0734. The van der Waals surface area contributed by atoms with Crippen LogP contribution in [0.3, 0.4) is 0 Å². The summed E-state index contributed by atoms with van der Waals surface area (Å²) in [5.41, 5.74) is 2.73. The van der Waals surface area contributed by atoms with Crippen molar-refractivity contribution < 1.29 is 14.7 Å². The van der Waals surface area contributed by atoms with Gasteiger partial charge in [0.15, 0.2) is 0 Å². The van der Waals surface area contributed by atoms with Crippen LogP contribution in [0.25, 0.3) is 11.1 Å². The number of ketones is 1. The molecule has 0 spiro atoms. The van der Waals surface area contributed by atoms with Gasteiger partial charge in [0.2, 0.25) is 5.78 Å². The number of carboxylic acid groups (broad SMARTS) is 1. The summed E-state index contributed by atoms with van der Waals surface area (Å²) in [4.78, 5) is 21.7. The normalized spacial score (nSPS) is 10.0. The molecule has 2 aromatic rings. The summed E-state index contributed by atoms with van der Waals surface area (Å²) in [6, 6.07) is 17.1. The third-order valence-corrected chi connectivity index (χ3v) is 2.64. The van der Waals surface area contributed by atoms with Gasteiger partial charge in [0.1, 0.15) is 0 Å². The number of carboxylic acids is 1. The van der Waals surface area contributed by atoms with Crippen molar-refractivity contribution >= 4 is 11.8 Å². The summed E-state index contributed by atoms with van der Waals surface area (Å²) in [6.45, 7) is 0. The minimum atomic E-state index is -1.39. The van der Waals surface area contributed by atoms with Crippen molar-refractivity contribution in [1.29, 1.82) is 0 Å². The maximum absolute atomic E-state index is 11.2. The van der Waals surface area contributed by atoms with Gasteiger partial charge < -0.3 is 5.11 Å². The van der Waals surface area contributed by atoms with Gasteiger partial charge in [0.05, 0.1) is 0 Å². The van der Waals surface area contributed by atoms with E-state index in [2.05, 4.69) is 0 Å². The third kappa shape index (κ3) is 2.83. The van der Waals surface area contributed by atoms with E-state index in [-0.39, 0.29) is 6.42 Å². The predicted molar refractivity (Wildman–Crippen MR) is 68.2 cm³/mol. The van der Waals surface area contributed by atoms with Gasteiger partial charge in [-0.3, -0.25) is 4.79 Å². The SMILES string of the molecule is O=C(O)C(=O)Cc1cccc(-c2ccccc2)c1. The predicted octanol–water partition coefficient (Wildman–Crippen LogP) is 2.55. The summed E-state index contributed by atoms with van der Waals surface area (Å²) >= 11 is 0.